The van der Waals surface area contributed by atoms with Crippen LogP contribution in [0.15, 0.2) is 12.2 Å². The standard InChI is InChI=1S/C19H35NO/c1-15(2)14-20-18(4,5)12-17(13-19(20,6)7)11-16(3)9-8-10-21/h10,15,17H,3,8-9,11-14H2,1-2,4-7H3. The lowest BCUT2D eigenvalue weighted by Gasteiger charge is -2.56. The van der Waals surface area contributed by atoms with E-state index in [4.69, 9.17) is 0 Å². The van der Waals surface area contributed by atoms with Gasteiger partial charge in [-0.05, 0) is 65.2 Å². The van der Waals surface area contributed by atoms with Gasteiger partial charge in [0.25, 0.3) is 0 Å². The van der Waals surface area contributed by atoms with Crippen LogP contribution in [0, 0.1) is 11.8 Å². The predicted molar refractivity (Wildman–Crippen MR) is 91.5 cm³/mol. The lowest BCUT2D eigenvalue weighted by Crippen LogP contribution is -2.61. The maximum atomic E-state index is 10.5. The largest absolute Gasteiger partial charge is 0.303 e. The topological polar surface area (TPSA) is 20.3 Å². The van der Waals surface area contributed by atoms with E-state index in [1.165, 1.54) is 25.0 Å². The Bertz CT molecular complexity index is 350. The highest BCUT2D eigenvalue weighted by molar-refractivity contribution is 5.49. The molecule has 0 N–H and O–H groups in total. The van der Waals surface area contributed by atoms with Crippen molar-refractivity contribution in [3.8, 4) is 0 Å². The molecule has 0 amide bonds. The summed E-state index contributed by atoms with van der Waals surface area (Å²) in [4.78, 5) is 13.2. The molecule has 21 heavy (non-hydrogen) atoms. The molecule has 1 saturated heterocycles. The number of allylic oxidation sites excluding steroid dienone is 1. The average molecular weight is 293 g/mol. The molecule has 0 bridgehead atoms. The monoisotopic (exact) mass is 293 g/mol. The number of likely N-dealkylation sites (tertiary alicyclic amines) is 1. The first-order valence-corrected chi connectivity index (χ1v) is 8.46. The van der Waals surface area contributed by atoms with Crippen molar-refractivity contribution >= 4 is 6.29 Å². The van der Waals surface area contributed by atoms with E-state index in [9.17, 15) is 4.79 Å². The summed E-state index contributed by atoms with van der Waals surface area (Å²) in [6.45, 7) is 19.5. The molecule has 2 heteroatoms. The van der Waals surface area contributed by atoms with Crippen LogP contribution in [-0.2, 0) is 4.79 Å². The summed E-state index contributed by atoms with van der Waals surface area (Å²) < 4.78 is 0. The maximum absolute atomic E-state index is 10.5. The number of carbonyl (C=O) groups is 1. The summed E-state index contributed by atoms with van der Waals surface area (Å²) in [5.41, 5.74) is 1.72. The van der Waals surface area contributed by atoms with Crippen molar-refractivity contribution in [3.05, 3.63) is 12.2 Å². The minimum atomic E-state index is 0.238. The molecule has 0 spiro atoms. The number of nitrogens with zero attached hydrogens (tertiary/aromatic N) is 1. The summed E-state index contributed by atoms with van der Waals surface area (Å²) >= 11 is 0. The summed E-state index contributed by atoms with van der Waals surface area (Å²) in [7, 11) is 0. The van der Waals surface area contributed by atoms with Gasteiger partial charge in [0.05, 0.1) is 0 Å². The molecule has 2 nitrogen and oxygen atoms in total. The zero-order chi connectivity index (χ0) is 16.3. The molecule has 0 aromatic rings. The van der Waals surface area contributed by atoms with E-state index < -0.39 is 0 Å². The van der Waals surface area contributed by atoms with Gasteiger partial charge in [0, 0.05) is 24.0 Å². The second-order valence-corrected chi connectivity index (χ2v) is 8.56. The molecule has 0 radical (unpaired) electrons. The van der Waals surface area contributed by atoms with E-state index in [1.807, 2.05) is 0 Å². The van der Waals surface area contributed by atoms with E-state index in [0.717, 1.165) is 19.1 Å². The van der Waals surface area contributed by atoms with Crippen LogP contribution in [0.2, 0.25) is 0 Å². The molecule has 0 unspecified atom stereocenters. The van der Waals surface area contributed by atoms with Crippen LogP contribution in [0.5, 0.6) is 0 Å². The van der Waals surface area contributed by atoms with Crippen molar-refractivity contribution in [3.63, 3.8) is 0 Å². The molecule has 0 atom stereocenters. The fourth-order valence-corrected chi connectivity index (χ4v) is 4.30. The van der Waals surface area contributed by atoms with Gasteiger partial charge in [0.2, 0.25) is 0 Å². The third-order valence-corrected chi connectivity index (χ3v) is 4.78. The molecule has 0 aromatic carbocycles. The van der Waals surface area contributed by atoms with Gasteiger partial charge in [-0.25, -0.2) is 0 Å². The Hall–Kier alpha value is -0.630. The Morgan fingerprint density at radius 3 is 2.19 bits per heavy atom. The first-order chi connectivity index (χ1) is 9.58. The van der Waals surface area contributed by atoms with E-state index in [0.29, 0.717) is 18.3 Å². The van der Waals surface area contributed by atoms with E-state index in [1.54, 1.807) is 0 Å². The van der Waals surface area contributed by atoms with Crippen LogP contribution in [0.4, 0.5) is 0 Å². The molecule has 1 aliphatic rings. The second kappa shape index (κ2) is 7.09. The Balaban J connectivity index is 2.74. The van der Waals surface area contributed by atoms with Crippen LogP contribution in [0.25, 0.3) is 0 Å². The molecular weight excluding hydrogens is 258 g/mol. The second-order valence-electron chi connectivity index (χ2n) is 8.56. The SMILES string of the molecule is C=C(CCC=O)CC1CC(C)(C)N(CC(C)C)C(C)(C)C1. The number of hydrogen-bond donors (Lipinski definition) is 0. The van der Waals surface area contributed by atoms with Gasteiger partial charge in [-0.2, -0.15) is 0 Å². The molecule has 0 saturated carbocycles. The number of rotatable bonds is 7. The molecule has 1 rings (SSSR count). The van der Waals surface area contributed by atoms with E-state index >= 15 is 0 Å². The first kappa shape index (κ1) is 18.4. The highest BCUT2D eigenvalue weighted by Gasteiger charge is 2.44. The maximum Gasteiger partial charge on any atom is 0.120 e. The Morgan fingerprint density at radius 2 is 1.76 bits per heavy atom. The zero-order valence-corrected chi connectivity index (χ0v) is 15.0. The van der Waals surface area contributed by atoms with Gasteiger partial charge in [-0.3, -0.25) is 4.90 Å². The highest BCUT2D eigenvalue weighted by Crippen LogP contribution is 2.43. The Kier molecular flexibility index (Phi) is 6.22. The minimum absolute atomic E-state index is 0.238. The Labute approximate surface area is 132 Å². The van der Waals surface area contributed by atoms with E-state index in [-0.39, 0.29) is 11.1 Å². The van der Waals surface area contributed by atoms with Gasteiger partial charge in [0.1, 0.15) is 6.29 Å². The Morgan fingerprint density at radius 1 is 1.24 bits per heavy atom. The van der Waals surface area contributed by atoms with Crippen molar-refractivity contribution < 1.29 is 4.79 Å². The van der Waals surface area contributed by atoms with Crippen molar-refractivity contribution in [1.29, 1.82) is 0 Å². The summed E-state index contributed by atoms with van der Waals surface area (Å²) in [5.74, 6) is 1.39. The fraction of sp³-hybridized carbons (Fsp3) is 0.842. The molecule has 0 aromatic heterocycles. The lowest BCUT2D eigenvalue weighted by molar-refractivity contribution is -0.107. The number of aldehydes is 1. The van der Waals surface area contributed by atoms with Crippen LogP contribution in [-0.4, -0.2) is 28.8 Å². The van der Waals surface area contributed by atoms with Gasteiger partial charge >= 0.3 is 0 Å². The van der Waals surface area contributed by atoms with Crippen LogP contribution in [0.3, 0.4) is 0 Å². The molecule has 1 fully saturated rings. The molecule has 1 aliphatic heterocycles. The zero-order valence-electron chi connectivity index (χ0n) is 15.0. The quantitative estimate of drug-likeness (QED) is 0.494. The number of carbonyl (C=O) groups excluding carboxylic acids is 1. The van der Waals surface area contributed by atoms with Crippen molar-refractivity contribution in [2.24, 2.45) is 11.8 Å². The van der Waals surface area contributed by atoms with Gasteiger partial charge in [0.15, 0.2) is 0 Å². The third-order valence-electron chi connectivity index (χ3n) is 4.78. The number of hydrogen-bond acceptors (Lipinski definition) is 2. The normalized spacial score (nSPS) is 22.4. The van der Waals surface area contributed by atoms with Crippen molar-refractivity contribution in [2.45, 2.75) is 84.7 Å². The van der Waals surface area contributed by atoms with Crippen LogP contribution < -0.4 is 0 Å². The van der Waals surface area contributed by atoms with Gasteiger partial charge in [-0.15, -0.1) is 0 Å². The first-order valence-electron chi connectivity index (χ1n) is 8.46. The lowest BCUT2D eigenvalue weighted by atomic mass is 9.71. The van der Waals surface area contributed by atoms with Crippen molar-refractivity contribution in [2.75, 3.05) is 6.54 Å². The minimum Gasteiger partial charge on any atom is -0.303 e. The third kappa shape index (κ3) is 5.25. The van der Waals surface area contributed by atoms with Crippen LogP contribution in [0.1, 0.15) is 73.6 Å². The van der Waals surface area contributed by atoms with Crippen molar-refractivity contribution in [1.82, 2.24) is 4.90 Å². The van der Waals surface area contributed by atoms with Gasteiger partial charge < -0.3 is 4.79 Å². The van der Waals surface area contributed by atoms with Gasteiger partial charge in [-0.1, -0.05) is 26.0 Å². The highest BCUT2D eigenvalue weighted by atomic mass is 16.1. The summed E-state index contributed by atoms with van der Waals surface area (Å²) in [6.07, 6.45) is 6.02. The fourth-order valence-electron chi connectivity index (χ4n) is 4.30. The van der Waals surface area contributed by atoms with Crippen LogP contribution >= 0.6 is 0 Å². The number of piperidine rings is 1. The smallest absolute Gasteiger partial charge is 0.120 e. The average Bonchev–Trinajstić information content (AvgIpc) is 2.30. The molecule has 122 valence electrons. The molecule has 0 aliphatic carbocycles. The predicted octanol–water partition coefficient (Wildman–Crippen LogP) is 4.84. The summed E-state index contributed by atoms with van der Waals surface area (Å²) in [6, 6.07) is 0. The van der Waals surface area contributed by atoms with E-state index in [2.05, 4.69) is 53.0 Å². The molecule has 1 heterocycles. The molecular formula is C19H35NO. The summed E-state index contributed by atoms with van der Waals surface area (Å²) in [5, 5.41) is 0.